The van der Waals surface area contributed by atoms with Crippen molar-refractivity contribution in [1.82, 2.24) is 20.4 Å². The molecule has 2 saturated heterocycles. The highest BCUT2D eigenvalue weighted by molar-refractivity contribution is 5.79. The number of nitrogens with zero attached hydrogens (tertiary/aromatic N) is 3. The Morgan fingerprint density at radius 1 is 1.35 bits per heavy atom. The standard InChI is InChI=1S/C17H24N4O5/c1-17(15(22)23)6-7-21(9-17)16(24)18-8-11-4-5-12(25-11)14-19-13(20-26-14)10-2-3-10/h10-12H,2-9H2,1H3,(H,18,24)(H,22,23)/t11-,12+,17?/m1/s1. The van der Waals surface area contributed by atoms with Crippen molar-refractivity contribution in [1.29, 1.82) is 0 Å². The van der Waals surface area contributed by atoms with Crippen LogP contribution in [0.25, 0.3) is 0 Å². The molecule has 1 unspecified atom stereocenters. The summed E-state index contributed by atoms with van der Waals surface area (Å²) in [5, 5.41) is 16.1. The number of amides is 2. The summed E-state index contributed by atoms with van der Waals surface area (Å²) in [5.41, 5.74) is -0.858. The summed E-state index contributed by atoms with van der Waals surface area (Å²) in [6.07, 6.45) is 3.99. The van der Waals surface area contributed by atoms with Crippen molar-refractivity contribution in [2.75, 3.05) is 19.6 Å². The lowest BCUT2D eigenvalue weighted by atomic mass is 9.90. The molecule has 1 aromatic heterocycles. The predicted molar refractivity (Wildman–Crippen MR) is 88.5 cm³/mol. The van der Waals surface area contributed by atoms with Crippen molar-refractivity contribution in [3.05, 3.63) is 11.7 Å². The Kier molecular flexibility index (Phi) is 4.34. The highest BCUT2D eigenvalue weighted by atomic mass is 16.5. The van der Waals surface area contributed by atoms with Gasteiger partial charge in [-0.15, -0.1) is 0 Å². The van der Waals surface area contributed by atoms with Gasteiger partial charge in [-0.25, -0.2) is 4.79 Å². The van der Waals surface area contributed by atoms with E-state index < -0.39 is 11.4 Å². The van der Waals surface area contributed by atoms with Gasteiger partial charge in [-0.3, -0.25) is 4.79 Å². The minimum atomic E-state index is -0.861. The van der Waals surface area contributed by atoms with Gasteiger partial charge in [-0.1, -0.05) is 5.16 Å². The van der Waals surface area contributed by atoms with Crippen molar-refractivity contribution in [3.63, 3.8) is 0 Å². The van der Waals surface area contributed by atoms with Gasteiger partial charge in [0.2, 0.25) is 0 Å². The minimum Gasteiger partial charge on any atom is -0.481 e. The van der Waals surface area contributed by atoms with E-state index in [9.17, 15) is 14.7 Å². The fraction of sp³-hybridized carbons (Fsp3) is 0.765. The summed E-state index contributed by atoms with van der Waals surface area (Å²) in [6.45, 7) is 2.75. The van der Waals surface area contributed by atoms with Gasteiger partial charge in [0, 0.05) is 25.6 Å². The molecule has 1 saturated carbocycles. The van der Waals surface area contributed by atoms with E-state index in [4.69, 9.17) is 9.26 Å². The van der Waals surface area contributed by atoms with Crippen LogP contribution in [-0.4, -0.2) is 57.9 Å². The number of nitrogens with one attached hydrogen (secondary N) is 1. The zero-order chi connectivity index (χ0) is 18.3. The highest BCUT2D eigenvalue weighted by Gasteiger charge is 2.42. The molecule has 2 amide bonds. The minimum absolute atomic E-state index is 0.103. The number of carboxylic acids is 1. The van der Waals surface area contributed by atoms with E-state index in [1.165, 1.54) is 0 Å². The fourth-order valence-electron chi connectivity index (χ4n) is 3.54. The largest absolute Gasteiger partial charge is 0.481 e. The number of ether oxygens (including phenoxy) is 1. The van der Waals surface area contributed by atoms with Crippen molar-refractivity contribution >= 4 is 12.0 Å². The Morgan fingerprint density at radius 3 is 2.85 bits per heavy atom. The number of aromatic nitrogens is 2. The van der Waals surface area contributed by atoms with Crippen molar-refractivity contribution in [2.45, 2.75) is 57.2 Å². The summed E-state index contributed by atoms with van der Waals surface area (Å²) >= 11 is 0. The van der Waals surface area contributed by atoms with E-state index in [1.807, 2.05) is 0 Å². The molecule has 0 spiro atoms. The molecule has 1 aliphatic carbocycles. The molecule has 4 rings (SSSR count). The van der Waals surface area contributed by atoms with E-state index in [0.717, 1.165) is 31.5 Å². The van der Waals surface area contributed by atoms with Gasteiger partial charge in [-0.2, -0.15) is 4.98 Å². The number of hydrogen-bond acceptors (Lipinski definition) is 6. The first-order chi connectivity index (χ1) is 12.4. The summed E-state index contributed by atoms with van der Waals surface area (Å²) in [7, 11) is 0. The van der Waals surface area contributed by atoms with Crippen LogP contribution in [0.1, 0.15) is 62.8 Å². The lowest BCUT2D eigenvalue weighted by Crippen LogP contribution is -2.43. The number of hydrogen-bond donors (Lipinski definition) is 2. The number of carboxylic acid groups (broad SMARTS) is 1. The monoisotopic (exact) mass is 364 g/mol. The number of rotatable bonds is 5. The van der Waals surface area contributed by atoms with Crippen LogP contribution >= 0.6 is 0 Å². The molecule has 142 valence electrons. The van der Waals surface area contributed by atoms with Crippen molar-refractivity contribution < 1.29 is 24.0 Å². The van der Waals surface area contributed by atoms with Gasteiger partial charge < -0.3 is 24.6 Å². The van der Waals surface area contributed by atoms with Gasteiger partial charge in [0.15, 0.2) is 5.82 Å². The van der Waals surface area contributed by atoms with Crippen LogP contribution < -0.4 is 5.32 Å². The SMILES string of the molecule is CC1(C(=O)O)CCN(C(=O)NC[C@H]2CC[C@@H](c3nc(C4CC4)no3)O2)C1. The van der Waals surface area contributed by atoms with Crippen LogP contribution in [0.15, 0.2) is 4.52 Å². The zero-order valence-corrected chi connectivity index (χ0v) is 14.8. The Labute approximate surface area is 151 Å². The lowest BCUT2D eigenvalue weighted by Gasteiger charge is -2.21. The van der Waals surface area contributed by atoms with Gasteiger partial charge >= 0.3 is 12.0 Å². The number of carbonyl (C=O) groups is 2. The second-order valence-corrected chi connectivity index (χ2v) is 7.81. The molecule has 2 N–H and O–H groups in total. The Bertz CT molecular complexity index is 703. The summed E-state index contributed by atoms with van der Waals surface area (Å²) in [5.74, 6) is 0.884. The lowest BCUT2D eigenvalue weighted by molar-refractivity contribution is -0.147. The third-order valence-corrected chi connectivity index (χ3v) is 5.54. The maximum Gasteiger partial charge on any atom is 0.317 e. The van der Waals surface area contributed by atoms with Gasteiger partial charge in [0.25, 0.3) is 5.89 Å². The molecule has 0 radical (unpaired) electrons. The number of likely N-dealkylation sites (tertiary alicyclic amines) is 1. The van der Waals surface area contributed by atoms with Crippen LogP contribution in [0.4, 0.5) is 4.79 Å². The molecule has 0 bridgehead atoms. The molecular formula is C17H24N4O5. The van der Waals surface area contributed by atoms with E-state index >= 15 is 0 Å². The summed E-state index contributed by atoms with van der Waals surface area (Å²) < 4.78 is 11.2. The second kappa shape index (κ2) is 6.53. The Hall–Kier alpha value is -2.16. The average Bonchev–Trinajstić information content (AvgIpc) is 3.03. The maximum atomic E-state index is 12.3. The normalized spacial score (nSPS) is 31.3. The molecule has 3 aliphatic rings. The van der Waals surface area contributed by atoms with Crippen molar-refractivity contribution in [3.8, 4) is 0 Å². The fourth-order valence-corrected chi connectivity index (χ4v) is 3.54. The molecule has 2 aliphatic heterocycles. The summed E-state index contributed by atoms with van der Waals surface area (Å²) in [6, 6.07) is -0.240. The predicted octanol–water partition coefficient (Wildman–Crippen LogP) is 1.67. The van der Waals surface area contributed by atoms with Crippen LogP contribution in [0, 0.1) is 5.41 Å². The third kappa shape index (κ3) is 3.40. The first-order valence-electron chi connectivity index (χ1n) is 9.20. The molecule has 9 nitrogen and oxygen atoms in total. The first kappa shape index (κ1) is 17.3. The topological polar surface area (TPSA) is 118 Å². The van der Waals surface area contributed by atoms with Crippen LogP contribution in [0.5, 0.6) is 0 Å². The molecule has 3 heterocycles. The number of aliphatic carboxylic acids is 1. The number of urea groups is 1. The third-order valence-electron chi connectivity index (χ3n) is 5.54. The zero-order valence-electron chi connectivity index (χ0n) is 14.8. The molecule has 3 fully saturated rings. The quantitative estimate of drug-likeness (QED) is 0.816. The Balaban J connectivity index is 1.24. The smallest absolute Gasteiger partial charge is 0.317 e. The van der Waals surface area contributed by atoms with E-state index in [1.54, 1.807) is 11.8 Å². The summed E-state index contributed by atoms with van der Waals surface area (Å²) in [4.78, 5) is 29.5. The second-order valence-electron chi connectivity index (χ2n) is 7.81. The first-order valence-corrected chi connectivity index (χ1v) is 9.20. The molecule has 3 atom stereocenters. The molecule has 0 aromatic carbocycles. The Morgan fingerprint density at radius 2 is 2.15 bits per heavy atom. The highest BCUT2D eigenvalue weighted by Crippen LogP contribution is 2.39. The number of carbonyl (C=O) groups excluding carboxylic acids is 1. The van der Waals surface area contributed by atoms with E-state index in [2.05, 4.69) is 15.5 Å². The van der Waals surface area contributed by atoms with Gasteiger partial charge in [0.05, 0.1) is 11.5 Å². The van der Waals surface area contributed by atoms with Crippen molar-refractivity contribution in [2.24, 2.45) is 5.41 Å². The molecule has 9 heteroatoms. The van der Waals surface area contributed by atoms with Crippen LogP contribution in [0.3, 0.4) is 0 Å². The molecular weight excluding hydrogens is 340 g/mol. The van der Waals surface area contributed by atoms with Gasteiger partial charge in [0.1, 0.15) is 6.10 Å². The van der Waals surface area contributed by atoms with Crippen LogP contribution in [0.2, 0.25) is 0 Å². The van der Waals surface area contributed by atoms with E-state index in [0.29, 0.717) is 31.3 Å². The van der Waals surface area contributed by atoms with E-state index in [-0.39, 0.29) is 24.8 Å². The maximum absolute atomic E-state index is 12.3. The van der Waals surface area contributed by atoms with Gasteiger partial charge in [-0.05, 0) is 39.0 Å². The molecule has 1 aromatic rings. The molecule has 26 heavy (non-hydrogen) atoms. The average molecular weight is 364 g/mol. The van der Waals surface area contributed by atoms with Crippen LogP contribution in [-0.2, 0) is 9.53 Å².